The highest BCUT2D eigenvalue weighted by Crippen LogP contribution is 2.35. The van der Waals surface area contributed by atoms with E-state index in [0.717, 1.165) is 4.90 Å². The number of benzene rings is 2. The number of hydrogen-bond donors (Lipinski definition) is 1. The molecule has 0 saturated carbocycles. The van der Waals surface area contributed by atoms with Crippen molar-refractivity contribution in [3.05, 3.63) is 58.9 Å². The molecule has 94 valence electrons. The summed E-state index contributed by atoms with van der Waals surface area (Å²) in [5.74, 6) is -0.326. The molecule has 0 unspecified atom stereocenters. The van der Waals surface area contributed by atoms with Gasteiger partial charge in [0.1, 0.15) is 5.82 Å². The van der Waals surface area contributed by atoms with Gasteiger partial charge in [0.2, 0.25) is 0 Å². The van der Waals surface area contributed by atoms with Crippen molar-refractivity contribution in [3.63, 3.8) is 0 Å². The Kier molecular flexibility index (Phi) is 4.27. The molecule has 0 fully saturated rings. The third kappa shape index (κ3) is 3.05. The predicted octanol–water partition coefficient (Wildman–Crippen LogP) is 4.68. The minimum atomic E-state index is -0.699. The van der Waals surface area contributed by atoms with Crippen LogP contribution in [0.15, 0.2) is 52.3 Å². The van der Waals surface area contributed by atoms with Gasteiger partial charge < -0.3 is 5.11 Å². The monoisotopic (exact) mass is 282 g/mol. The fourth-order valence-corrected chi connectivity index (χ4v) is 2.74. The second-order valence-corrected chi connectivity index (χ2v) is 5.41. The molecule has 1 nitrogen and oxygen atoms in total. The molecule has 2 aromatic carbocycles. The van der Waals surface area contributed by atoms with Gasteiger partial charge in [0.25, 0.3) is 0 Å². The number of aliphatic hydroxyl groups excluding tert-OH is 1. The second kappa shape index (κ2) is 5.74. The van der Waals surface area contributed by atoms with Crippen LogP contribution in [0, 0.1) is 5.82 Å². The van der Waals surface area contributed by atoms with Crippen LogP contribution in [0.1, 0.15) is 18.6 Å². The molecule has 0 aromatic heterocycles. The molecule has 1 atom stereocenters. The SMILES string of the molecule is C[C@@H](O)c1cccc(F)c1Sc1ccc(Cl)cc1. The average molecular weight is 283 g/mol. The first kappa shape index (κ1) is 13.4. The molecule has 0 spiro atoms. The van der Waals surface area contributed by atoms with Crippen LogP contribution in [0.4, 0.5) is 4.39 Å². The van der Waals surface area contributed by atoms with Crippen LogP contribution in [0.5, 0.6) is 0 Å². The molecular weight excluding hydrogens is 271 g/mol. The molecule has 0 heterocycles. The molecule has 2 rings (SSSR count). The largest absolute Gasteiger partial charge is 0.389 e. The van der Waals surface area contributed by atoms with Crippen LogP contribution in [0.25, 0.3) is 0 Å². The van der Waals surface area contributed by atoms with Crippen molar-refractivity contribution in [1.82, 2.24) is 0 Å². The van der Waals surface area contributed by atoms with E-state index >= 15 is 0 Å². The Labute approximate surface area is 115 Å². The maximum absolute atomic E-state index is 13.8. The van der Waals surface area contributed by atoms with Gasteiger partial charge in [-0.25, -0.2) is 4.39 Å². The fourth-order valence-electron chi connectivity index (χ4n) is 1.58. The maximum atomic E-state index is 13.8. The smallest absolute Gasteiger partial charge is 0.137 e. The summed E-state index contributed by atoms with van der Waals surface area (Å²) >= 11 is 7.09. The van der Waals surface area contributed by atoms with Gasteiger partial charge in [-0.15, -0.1) is 0 Å². The molecule has 0 aliphatic carbocycles. The van der Waals surface area contributed by atoms with E-state index in [9.17, 15) is 9.50 Å². The molecule has 0 aliphatic rings. The molecule has 1 N–H and O–H groups in total. The van der Waals surface area contributed by atoms with E-state index in [4.69, 9.17) is 11.6 Å². The molecule has 2 aromatic rings. The van der Waals surface area contributed by atoms with Crippen LogP contribution in [0.3, 0.4) is 0 Å². The molecule has 0 aliphatic heterocycles. The molecule has 18 heavy (non-hydrogen) atoms. The molecule has 0 saturated heterocycles. The Morgan fingerprint density at radius 1 is 1.17 bits per heavy atom. The highest BCUT2D eigenvalue weighted by atomic mass is 35.5. The summed E-state index contributed by atoms with van der Waals surface area (Å²) < 4.78 is 13.8. The van der Waals surface area contributed by atoms with Crippen molar-refractivity contribution in [2.75, 3.05) is 0 Å². The maximum Gasteiger partial charge on any atom is 0.137 e. The van der Waals surface area contributed by atoms with Gasteiger partial charge in [-0.05, 0) is 42.8 Å². The Morgan fingerprint density at radius 2 is 1.83 bits per heavy atom. The zero-order chi connectivity index (χ0) is 13.1. The summed E-state index contributed by atoms with van der Waals surface area (Å²) in [4.78, 5) is 1.33. The molecular formula is C14H12ClFOS. The topological polar surface area (TPSA) is 20.2 Å². The van der Waals surface area contributed by atoms with Crippen molar-refractivity contribution in [3.8, 4) is 0 Å². The van der Waals surface area contributed by atoms with Crippen molar-refractivity contribution in [1.29, 1.82) is 0 Å². The van der Waals surface area contributed by atoms with E-state index in [2.05, 4.69) is 0 Å². The van der Waals surface area contributed by atoms with Gasteiger partial charge in [-0.1, -0.05) is 35.5 Å². The van der Waals surface area contributed by atoms with Gasteiger partial charge in [-0.3, -0.25) is 0 Å². The second-order valence-electron chi connectivity index (χ2n) is 3.89. The number of aliphatic hydroxyl groups is 1. The molecule has 4 heteroatoms. The van der Waals surface area contributed by atoms with E-state index < -0.39 is 6.10 Å². The summed E-state index contributed by atoms with van der Waals surface area (Å²) in [6, 6.07) is 11.9. The van der Waals surface area contributed by atoms with E-state index in [-0.39, 0.29) is 5.82 Å². The van der Waals surface area contributed by atoms with Crippen molar-refractivity contribution < 1.29 is 9.50 Å². The van der Waals surface area contributed by atoms with Crippen LogP contribution < -0.4 is 0 Å². The van der Waals surface area contributed by atoms with Gasteiger partial charge in [-0.2, -0.15) is 0 Å². The summed E-state index contributed by atoms with van der Waals surface area (Å²) in [6.07, 6.45) is -0.699. The molecule has 0 bridgehead atoms. The molecule has 0 amide bonds. The summed E-state index contributed by atoms with van der Waals surface area (Å²) in [5.41, 5.74) is 0.593. The Balaban J connectivity index is 2.36. The van der Waals surface area contributed by atoms with E-state index in [0.29, 0.717) is 15.5 Å². The third-order valence-corrected chi connectivity index (χ3v) is 3.88. The van der Waals surface area contributed by atoms with E-state index in [1.54, 1.807) is 31.2 Å². The summed E-state index contributed by atoms with van der Waals surface area (Å²) in [7, 11) is 0. The van der Waals surface area contributed by atoms with Crippen LogP contribution in [-0.2, 0) is 0 Å². The summed E-state index contributed by atoms with van der Waals surface area (Å²) in [6.45, 7) is 1.63. The lowest BCUT2D eigenvalue weighted by Crippen LogP contribution is -1.96. The first-order valence-electron chi connectivity index (χ1n) is 5.48. The molecule has 0 radical (unpaired) electrons. The van der Waals surface area contributed by atoms with Crippen molar-refractivity contribution in [2.45, 2.75) is 22.8 Å². The van der Waals surface area contributed by atoms with Crippen molar-refractivity contribution in [2.24, 2.45) is 0 Å². The van der Waals surface area contributed by atoms with E-state index in [1.165, 1.54) is 17.8 Å². The highest BCUT2D eigenvalue weighted by Gasteiger charge is 2.13. The van der Waals surface area contributed by atoms with Gasteiger partial charge in [0, 0.05) is 9.92 Å². The fraction of sp³-hybridized carbons (Fsp3) is 0.143. The first-order chi connectivity index (χ1) is 8.58. The summed E-state index contributed by atoms with van der Waals surface area (Å²) in [5, 5.41) is 10.3. The normalized spacial score (nSPS) is 12.4. The zero-order valence-electron chi connectivity index (χ0n) is 9.73. The average Bonchev–Trinajstić information content (AvgIpc) is 2.34. The minimum Gasteiger partial charge on any atom is -0.389 e. The van der Waals surface area contributed by atoms with Gasteiger partial charge in [0.15, 0.2) is 0 Å². The Morgan fingerprint density at radius 3 is 2.44 bits per heavy atom. The minimum absolute atomic E-state index is 0.326. The third-order valence-electron chi connectivity index (χ3n) is 2.48. The lowest BCUT2D eigenvalue weighted by Gasteiger charge is -2.12. The standard InChI is InChI=1S/C14H12ClFOS/c1-9(17)12-3-2-4-13(16)14(12)18-11-7-5-10(15)6-8-11/h2-9,17H,1H3/t9-/m1/s1. The van der Waals surface area contributed by atoms with Crippen LogP contribution in [0.2, 0.25) is 5.02 Å². The number of rotatable bonds is 3. The quantitative estimate of drug-likeness (QED) is 0.882. The highest BCUT2D eigenvalue weighted by molar-refractivity contribution is 7.99. The zero-order valence-corrected chi connectivity index (χ0v) is 11.3. The van der Waals surface area contributed by atoms with Gasteiger partial charge >= 0.3 is 0 Å². The number of hydrogen-bond acceptors (Lipinski definition) is 2. The van der Waals surface area contributed by atoms with E-state index in [1.807, 2.05) is 12.1 Å². The van der Waals surface area contributed by atoms with Crippen LogP contribution in [-0.4, -0.2) is 5.11 Å². The number of halogens is 2. The van der Waals surface area contributed by atoms with Gasteiger partial charge in [0.05, 0.1) is 11.0 Å². The van der Waals surface area contributed by atoms with Crippen molar-refractivity contribution >= 4 is 23.4 Å². The lowest BCUT2D eigenvalue weighted by atomic mass is 10.1. The first-order valence-corrected chi connectivity index (χ1v) is 6.67. The van der Waals surface area contributed by atoms with Crippen LogP contribution >= 0.6 is 23.4 Å². The lowest BCUT2D eigenvalue weighted by molar-refractivity contribution is 0.195. The predicted molar refractivity (Wildman–Crippen MR) is 72.6 cm³/mol. The Hall–Kier alpha value is -1.03. The Bertz CT molecular complexity index is 540.